The minimum absolute atomic E-state index is 0.257. The fourth-order valence-electron chi connectivity index (χ4n) is 1.63. The van der Waals surface area contributed by atoms with Crippen LogP contribution in [0.25, 0.3) is 0 Å². The summed E-state index contributed by atoms with van der Waals surface area (Å²) in [4.78, 5) is 1.20. The third kappa shape index (κ3) is 3.34. The van der Waals surface area contributed by atoms with Crippen molar-refractivity contribution < 1.29 is 5.11 Å². The summed E-state index contributed by atoms with van der Waals surface area (Å²) < 4.78 is 0. The van der Waals surface area contributed by atoms with Crippen LogP contribution in [0.15, 0.2) is 47.4 Å². The molecule has 0 amide bonds. The zero-order chi connectivity index (χ0) is 13.0. The molecule has 4 heteroatoms. The fraction of sp³-hybridized carbons (Fsp3) is 0.143. The minimum atomic E-state index is 0.257. The molecule has 94 valence electrons. The lowest BCUT2D eigenvalue weighted by Gasteiger charge is -2.09. The van der Waals surface area contributed by atoms with Crippen LogP contribution in [0, 0.1) is 0 Å². The molecular weight excluding hydrogens is 266 g/mol. The van der Waals surface area contributed by atoms with E-state index in [1.807, 2.05) is 18.4 Å². The number of hydrogen-bond donors (Lipinski definition) is 2. The van der Waals surface area contributed by atoms with E-state index >= 15 is 0 Å². The molecule has 2 aromatic rings. The number of halogens is 1. The highest BCUT2D eigenvalue weighted by Crippen LogP contribution is 2.24. The van der Waals surface area contributed by atoms with E-state index in [2.05, 4.69) is 17.4 Å². The first-order valence-corrected chi connectivity index (χ1v) is 7.14. The van der Waals surface area contributed by atoms with Gasteiger partial charge >= 0.3 is 0 Å². The van der Waals surface area contributed by atoms with E-state index in [1.165, 1.54) is 4.90 Å². The molecule has 0 aliphatic heterocycles. The zero-order valence-corrected chi connectivity index (χ0v) is 11.6. The molecule has 0 aromatic heterocycles. The number of hydrogen-bond acceptors (Lipinski definition) is 3. The van der Waals surface area contributed by atoms with Gasteiger partial charge in [0.15, 0.2) is 0 Å². The van der Waals surface area contributed by atoms with Gasteiger partial charge in [0.25, 0.3) is 0 Å². The molecule has 0 saturated carbocycles. The van der Waals surface area contributed by atoms with Crippen molar-refractivity contribution in [1.29, 1.82) is 0 Å². The molecule has 0 fully saturated rings. The number of aromatic hydroxyl groups is 1. The van der Waals surface area contributed by atoms with Crippen LogP contribution in [0.5, 0.6) is 5.75 Å². The Kier molecular flexibility index (Phi) is 4.39. The third-order valence-electron chi connectivity index (χ3n) is 2.59. The molecule has 2 N–H and O–H groups in total. The molecule has 0 bridgehead atoms. The molecule has 2 nitrogen and oxygen atoms in total. The van der Waals surface area contributed by atoms with Crippen LogP contribution in [-0.2, 0) is 6.54 Å². The van der Waals surface area contributed by atoms with Gasteiger partial charge in [-0.25, -0.2) is 0 Å². The number of nitrogens with one attached hydrogen (secondary N) is 1. The van der Waals surface area contributed by atoms with Crippen LogP contribution in [0.2, 0.25) is 5.02 Å². The molecular formula is C14H14ClNOS. The summed E-state index contributed by atoms with van der Waals surface area (Å²) in [5.41, 5.74) is 1.82. The summed E-state index contributed by atoms with van der Waals surface area (Å²) in [7, 11) is 0. The standard InChI is InChI=1S/C14H14ClNOS/c1-18-13-4-2-3-12(8-13)16-9-10-7-11(15)5-6-14(10)17/h2-8,16-17H,9H2,1H3. The van der Waals surface area contributed by atoms with Gasteiger partial charge in [-0.15, -0.1) is 11.8 Å². The molecule has 2 rings (SSSR count). The summed E-state index contributed by atoms with van der Waals surface area (Å²) >= 11 is 7.60. The van der Waals surface area contributed by atoms with Gasteiger partial charge in [0.2, 0.25) is 0 Å². The van der Waals surface area contributed by atoms with Gasteiger partial charge in [0.1, 0.15) is 5.75 Å². The van der Waals surface area contributed by atoms with Crippen molar-refractivity contribution in [1.82, 2.24) is 0 Å². The number of thioether (sulfide) groups is 1. The Bertz CT molecular complexity index is 545. The van der Waals surface area contributed by atoms with Gasteiger partial charge < -0.3 is 10.4 Å². The normalized spacial score (nSPS) is 10.3. The lowest BCUT2D eigenvalue weighted by atomic mass is 10.2. The molecule has 2 aromatic carbocycles. The molecule has 0 spiro atoms. The fourth-order valence-corrected chi connectivity index (χ4v) is 2.28. The van der Waals surface area contributed by atoms with Crippen LogP contribution < -0.4 is 5.32 Å². The SMILES string of the molecule is CSc1cccc(NCc2cc(Cl)ccc2O)c1. The maximum Gasteiger partial charge on any atom is 0.120 e. The first-order valence-electron chi connectivity index (χ1n) is 5.54. The predicted octanol–water partition coefficient (Wildman–Crippen LogP) is 4.38. The van der Waals surface area contributed by atoms with E-state index in [-0.39, 0.29) is 5.75 Å². The number of benzene rings is 2. The van der Waals surface area contributed by atoms with Crippen LogP contribution in [-0.4, -0.2) is 11.4 Å². The predicted molar refractivity (Wildman–Crippen MR) is 78.7 cm³/mol. The molecule has 0 unspecified atom stereocenters. The van der Waals surface area contributed by atoms with Crippen molar-refractivity contribution in [2.24, 2.45) is 0 Å². The van der Waals surface area contributed by atoms with Crippen LogP contribution in [0.4, 0.5) is 5.69 Å². The Morgan fingerprint density at radius 2 is 2.06 bits per heavy atom. The summed E-state index contributed by atoms with van der Waals surface area (Å²) in [6.45, 7) is 0.546. The summed E-state index contributed by atoms with van der Waals surface area (Å²) in [6, 6.07) is 13.2. The minimum Gasteiger partial charge on any atom is -0.508 e. The Morgan fingerprint density at radius 1 is 1.22 bits per heavy atom. The topological polar surface area (TPSA) is 32.3 Å². The zero-order valence-electron chi connectivity index (χ0n) is 9.98. The van der Waals surface area contributed by atoms with Gasteiger partial charge in [-0.2, -0.15) is 0 Å². The maximum absolute atomic E-state index is 9.71. The van der Waals surface area contributed by atoms with Crippen molar-refractivity contribution >= 4 is 29.1 Å². The first-order chi connectivity index (χ1) is 8.69. The largest absolute Gasteiger partial charge is 0.508 e. The summed E-state index contributed by atoms with van der Waals surface area (Å²) in [5, 5.41) is 13.6. The quantitative estimate of drug-likeness (QED) is 0.815. The second-order valence-corrected chi connectivity index (χ2v) is 5.17. The van der Waals surface area contributed by atoms with Crippen LogP contribution in [0.1, 0.15) is 5.56 Å². The first kappa shape index (κ1) is 13.1. The van der Waals surface area contributed by atoms with Crippen molar-refractivity contribution in [2.75, 3.05) is 11.6 Å². The molecule has 0 radical (unpaired) electrons. The number of anilines is 1. The number of rotatable bonds is 4. The lowest BCUT2D eigenvalue weighted by molar-refractivity contribution is 0.469. The van der Waals surface area contributed by atoms with Gasteiger partial charge in [-0.3, -0.25) is 0 Å². The lowest BCUT2D eigenvalue weighted by Crippen LogP contribution is -1.99. The average molecular weight is 280 g/mol. The molecule has 0 aliphatic rings. The van der Waals surface area contributed by atoms with Gasteiger partial charge in [0.05, 0.1) is 0 Å². The molecule has 18 heavy (non-hydrogen) atoms. The second-order valence-electron chi connectivity index (χ2n) is 3.86. The van der Waals surface area contributed by atoms with E-state index in [9.17, 15) is 5.11 Å². The van der Waals surface area contributed by atoms with E-state index < -0.39 is 0 Å². The van der Waals surface area contributed by atoms with Crippen molar-refractivity contribution in [3.8, 4) is 5.75 Å². The Balaban J connectivity index is 2.08. The highest BCUT2D eigenvalue weighted by Gasteiger charge is 2.02. The van der Waals surface area contributed by atoms with Crippen molar-refractivity contribution in [2.45, 2.75) is 11.4 Å². The Labute approximate surface area is 116 Å². The monoisotopic (exact) mass is 279 g/mol. The average Bonchev–Trinajstić information content (AvgIpc) is 2.40. The van der Waals surface area contributed by atoms with E-state index in [4.69, 9.17) is 11.6 Å². The van der Waals surface area contributed by atoms with E-state index in [0.29, 0.717) is 11.6 Å². The van der Waals surface area contributed by atoms with Crippen LogP contribution >= 0.6 is 23.4 Å². The van der Waals surface area contributed by atoms with E-state index in [1.54, 1.807) is 30.0 Å². The highest BCUT2D eigenvalue weighted by atomic mass is 35.5. The number of phenols is 1. The second kappa shape index (κ2) is 6.03. The molecule has 0 saturated heterocycles. The number of phenolic OH excluding ortho intramolecular Hbond substituents is 1. The van der Waals surface area contributed by atoms with Gasteiger partial charge in [-0.1, -0.05) is 17.7 Å². The Morgan fingerprint density at radius 3 is 2.83 bits per heavy atom. The molecule has 0 aliphatic carbocycles. The molecule has 0 atom stereocenters. The smallest absolute Gasteiger partial charge is 0.120 e. The van der Waals surface area contributed by atoms with Gasteiger partial charge in [-0.05, 0) is 42.7 Å². The third-order valence-corrected chi connectivity index (χ3v) is 3.55. The summed E-state index contributed by atoms with van der Waals surface area (Å²) in [5.74, 6) is 0.257. The van der Waals surface area contributed by atoms with Crippen molar-refractivity contribution in [3.05, 3.63) is 53.1 Å². The van der Waals surface area contributed by atoms with Crippen molar-refractivity contribution in [3.63, 3.8) is 0 Å². The maximum atomic E-state index is 9.71. The Hall–Kier alpha value is -1.32. The molecule has 0 heterocycles. The highest BCUT2D eigenvalue weighted by molar-refractivity contribution is 7.98. The van der Waals surface area contributed by atoms with Crippen LogP contribution in [0.3, 0.4) is 0 Å². The summed E-state index contributed by atoms with van der Waals surface area (Å²) in [6.07, 6.45) is 2.04. The van der Waals surface area contributed by atoms with E-state index in [0.717, 1.165) is 11.3 Å². The van der Waals surface area contributed by atoms with Gasteiger partial charge in [0, 0.05) is 27.7 Å².